The molecule has 1 heterocycles. The molecule has 0 aliphatic carbocycles. The molecule has 31 heavy (non-hydrogen) atoms. The zero-order chi connectivity index (χ0) is 22.4. The molecule has 0 atom stereocenters. The molecule has 1 aliphatic rings. The van der Waals surface area contributed by atoms with E-state index >= 15 is 0 Å². The van der Waals surface area contributed by atoms with Crippen LogP contribution in [0.5, 0.6) is 17.2 Å². The van der Waals surface area contributed by atoms with Gasteiger partial charge in [-0.3, -0.25) is 9.69 Å². The summed E-state index contributed by atoms with van der Waals surface area (Å²) in [4.78, 5) is 14.3. The molecule has 1 saturated heterocycles. The predicted molar refractivity (Wildman–Crippen MR) is 138 cm³/mol. The minimum atomic E-state index is -0.0989. The van der Waals surface area contributed by atoms with Crippen molar-refractivity contribution in [3.63, 3.8) is 0 Å². The molecule has 1 fully saturated rings. The SMILES string of the molecule is C=CCc1ccccc1OCCOc1c(I)cc(/C=C2\SC(=S)N(C)C2=O)cc1OC. The number of carbonyl (C=O) groups is 1. The number of hydrogen-bond acceptors (Lipinski definition) is 6. The monoisotopic (exact) mass is 567 g/mol. The van der Waals surface area contributed by atoms with Crippen LogP contribution in [0.4, 0.5) is 0 Å². The van der Waals surface area contributed by atoms with Crippen LogP contribution in [-0.4, -0.2) is 42.5 Å². The van der Waals surface area contributed by atoms with Gasteiger partial charge >= 0.3 is 0 Å². The number of thiocarbonyl (C=S) groups is 1. The van der Waals surface area contributed by atoms with Crippen LogP contribution in [0.3, 0.4) is 0 Å². The molecule has 162 valence electrons. The Balaban J connectivity index is 1.68. The van der Waals surface area contributed by atoms with Gasteiger partial charge in [-0.2, -0.15) is 0 Å². The number of carbonyl (C=O) groups excluding carboxylic acids is 1. The van der Waals surface area contributed by atoms with Crippen LogP contribution in [0.2, 0.25) is 0 Å². The molecule has 2 aromatic carbocycles. The van der Waals surface area contributed by atoms with E-state index in [1.165, 1.54) is 16.7 Å². The maximum absolute atomic E-state index is 12.3. The second kappa shape index (κ2) is 11.0. The Morgan fingerprint density at radius 3 is 2.61 bits per heavy atom. The van der Waals surface area contributed by atoms with Crippen LogP contribution in [-0.2, 0) is 11.2 Å². The first-order valence-electron chi connectivity index (χ1n) is 9.48. The van der Waals surface area contributed by atoms with Crippen molar-refractivity contribution < 1.29 is 19.0 Å². The Morgan fingerprint density at radius 2 is 1.94 bits per heavy atom. The second-order valence-electron chi connectivity index (χ2n) is 6.57. The van der Waals surface area contributed by atoms with E-state index in [-0.39, 0.29) is 5.91 Å². The van der Waals surface area contributed by atoms with Crippen molar-refractivity contribution in [1.82, 2.24) is 4.90 Å². The first-order valence-corrected chi connectivity index (χ1v) is 11.8. The Kier molecular flexibility index (Phi) is 8.39. The Bertz CT molecular complexity index is 1040. The summed E-state index contributed by atoms with van der Waals surface area (Å²) in [6.07, 6.45) is 4.42. The number of hydrogen-bond donors (Lipinski definition) is 0. The molecular formula is C23H22INO4S2. The number of halogens is 1. The summed E-state index contributed by atoms with van der Waals surface area (Å²) >= 11 is 8.68. The highest BCUT2D eigenvalue weighted by Crippen LogP contribution is 2.37. The molecule has 0 radical (unpaired) electrons. The van der Waals surface area contributed by atoms with E-state index in [9.17, 15) is 4.79 Å². The van der Waals surface area contributed by atoms with E-state index in [1.807, 2.05) is 48.6 Å². The number of benzene rings is 2. The lowest BCUT2D eigenvalue weighted by Crippen LogP contribution is -2.22. The molecule has 0 aromatic heterocycles. The van der Waals surface area contributed by atoms with E-state index in [0.717, 1.165) is 26.9 Å². The third kappa shape index (κ3) is 5.81. The van der Waals surface area contributed by atoms with Gasteiger partial charge in [0, 0.05) is 7.05 Å². The number of amides is 1. The van der Waals surface area contributed by atoms with Gasteiger partial charge in [-0.15, -0.1) is 6.58 Å². The van der Waals surface area contributed by atoms with Gasteiger partial charge in [-0.25, -0.2) is 0 Å². The van der Waals surface area contributed by atoms with Gasteiger partial charge in [-0.05, 0) is 64.4 Å². The smallest absolute Gasteiger partial charge is 0.265 e. The molecule has 0 spiro atoms. The van der Waals surface area contributed by atoms with Crippen molar-refractivity contribution in [1.29, 1.82) is 0 Å². The van der Waals surface area contributed by atoms with Crippen molar-refractivity contribution >= 4 is 62.9 Å². The summed E-state index contributed by atoms with van der Waals surface area (Å²) in [6, 6.07) is 11.7. The van der Waals surface area contributed by atoms with Crippen LogP contribution >= 0.6 is 46.6 Å². The highest BCUT2D eigenvalue weighted by molar-refractivity contribution is 14.1. The molecular weight excluding hydrogens is 545 g/mol. The lowest BCUT2D eigenvalue weighted by molar-refractivity contribution is -0.121. The lowest BCUT2D eigenvalue weighted by Gasteiger charge is -2.15. The van der Waals surface area contributed by atoms with Gasteiger partial charge in [0.1, 0.15) is 23.3 Å². The second-order valence-corrected chi connectivity index (χ2v) is 9.41. The van der Waals surface area contributed by atoms with E-state index in [1.54, 1.807) is 14.2 Å². The number of rotatable bonds is 9. The summed E-state index contributed by atoms with van der Waals surface area (Å²) < 4.78 is 18.8. The third-order valence-electron chi connectivity index (χ3n) is 4.46. The molecule has 1 aliphatic heterocycles. The molecule has 8 heteroatoms. The molecule has 0 unspecified atom stereocenters. The highest BCUT2D eigenvalue weighted by Gasteiger charge is 2.28. The van der Waals surface area contributed by atoms with Gasteiger partial charge < -0.3 is 14.2 Å². The number of para-hydroxylation sites is 1. The van der Waals surface area contributed by atoms with Gasteiger partial charge in [0.25, 0.3) is 5.91 Å². The van der Waals surface area contributed by atoms with E-state index < -0.39 is 0 Å². The number of allylic oxidation sites excluding steroid dienone is 1. The fourth-order valence-electron chi connectivity index (χ4n) is 2.92. The van der Waals surface area contributed by atoms with Crippen LogP contribution in [0, 0.1) is 3.57 Å². The minimum Gasteiger partial charge on any atom is -0.493 e. The van der Waals surface area contributed by atoms with Crippen LogP contribution in [0.25, 0.3) is 6.08 Å². The summed E-state index contributed by atoms with van der Waals surface area (Å²) in [5.74, 6) is 1.97. The molecule has 0 N–H and O–H groups in total. The fourth-order valence-corrected chi connectivity index (χ4v) is 4.88. The lowest BCUT2D eigenvalue weighted by atomic mass is 10.1. The predicted octanol–water partition coefficient (Wildman–Crippen LogP) is 5.32. The summed E-state index contributed by atoms with van der Waals surface area (Å²) in [7, 11) is 3.27. The topological polar surface area (TPSA) is 48.0 Å². The minimum absolute atomic E-state index is 0.0989. The summed E-state index contributed by atoms with van der Waals surface area (Å²) in [5.41, 5.74) is 1.93. The average Bonchev–Trinajstić information content (AvgIpc) is 2.99. The van der Waals surface area contributed by atoms with Gasteiger partial charge in [0.15, 0.2) is 11.5 Å². The van der Waals surface area contributed by atoms with Crippen molar-refractivity contribution in [3.05, 3.63) is 68.7 Å². The quantitative estimate of drug-likeness (QED) is 0.135. The summed E-state index contributed by atoms with van der Waals surface area (Å²) in [5, 5.41) is 0. The largest absolute Gasteiger partial charge is 0.493 e. The molecule has 1 amide bonds. The van der Waals surface area contributed by atoms with Crippen molar-refractivity contribution in [3.8, 4) is 17.2 Å². The number of thioether (sulfide) groups is 1. The Morgan fingerprint density at radius 1 is 1.19 bits per heavy atom. The molecule has 2 aromatic rings. The standard InChI is InChI=1S/C23H22INO4S2/c1-4-7-16-8-5-6-9-18(16)28-10-11-29-21-17(24)12-15(13-19(21)27-3)14-20-22(26)25(2)23(30)31-20/h4-6,8-9,12-14H,1,7,10-11H2,2-3H3/b20-14-. The third-order valence-corrected chi connectivity index (χ3v) is 6.75. The normalized spacial score (nSPS) is 14.8. The van der Waals surface area contributed by atoms with E-state index in [2.05, 4.69) is 29.2 Å². The van der Waals surface area contributed by atoms with Crippen LogP contribution < -0.4 is 14.2 Å². The average molecular weight is 567 g/mol. The number of ether oxygens (including phenoxy) is 3. The maximum Gasteiger partial charge on any atom is 0.265 e. The van der Waals surface area contributed by atoms with E-state index in [0.29, 0.717) is 33.9 Å². The number of likely N-dealkylation sites (N-methyl/N-ethyl adjacent to an activating group) is 1. The highest BCUT2D eigenvalue weighted by atomic mass is 127. The fraction of sp³-hybridized carbons (Fsp3) is 0.217. The number of nitrogens with zero attached hydrogens (tertiary/aromatic N) is 1. The van der Waals surface area contributed by atoms with Gasteiger partial charge in [-0.1, -0.05) is 48.3 Å². The van der Waals surface area contributed by atoms with Crippen molar-refractivity contribution in [2.24, 2.45) is 0 Å². The van der Waals surface area contributed by atoms with E-state index in [4.69, 9.17) is 26.4 Å². The first-order chi connectivity index (χ1) is 14.9. The zero-order valence-corrected chi connectivity index (χ0v) is 21.0. The molecule has 3 rings (SSSR count). The first kappa shape index (κ1) is 23.6. The Labute approximate surface area is 205 Å². The summed E-state index contributed by atoms with van der Waals surface area (Å²) in [6.45, 7) is 4.55. The van der Waals surface area contributed by atoms with Gasteiger partial charge in [0.2, 0.25) is 0 Å². The van der Waals surface area contributed by atoms with Crippen LogP contribution in [0.1, 0.15) is 11.1 Å². The molecule has 0 saturated carbocycles. The number of methoxy groups -OCH3 is 1. The Hall–Kier alpha value is -2.04. The van der Waals surface area contributed by atoms with Crippen molar-refractivity contribution in [2.45, 2.75) is 6.42 Å². The maximum atomic E-state index is 12.3. The zero-order valence-electron chi connectivity index (χ0n) is 17.2. The van der Waals surface area contributed by atoms with Crippen molar-refractivity contribution in [2.75, 3.05) is 27.4 Å². The van der Waals surface area contributed by atoms with Gasteiger partial charge in [0.05, 0.1) is 15.6 Å². The molecule has 5 nitrogen and oxygen atoms in total. The molecule has 0 bridgehead atoms. The van der Waals surface area contributed by atoms with Crippen LogP contribution in [0.15, 0.2) is 54.0 Å².